The summed E-state index contributed by atoms with van der Waals surface area (Å²) >= 11 is 3.46. The number of carboxylic acids is 1. The number of hydrogen-bond donors (Lipinski definition) is 2. The summed E-state index contributed by atoms with van der Waals surface area (Å²) < 4.78 is 11.7. The minimum Gasteiger partial charge on any atom is -0.496 e. The van der Waals surface area contributed by atoms with Gasteiger partial charge in [0.1, 0.15) is 5.75 Å². The van der Waals surface area contributed by atoms with E-state index in [-0.39, 0.29) is 5.56 Å². The Bertz CT molecular complexity index is 791. The summed E-state index contributed by atoms with van der Waals surface area (Å²) in [5.41, 5.74) is 2.75. The molecular formula is C19H21BrN2O4. The summed E-state index contributed by atoms with van der Waals surface area (Å²) in [4.78, 5) is 13.8. The van der Waals surface area contributed by atoms with Crippen molar-refractivity contribution in [2.75, 3.05) is 43.6 Å². The Balaban J connectivity index is 1.79. The van der Waals surface area contributed by atoms with Crippen molar-refractivity contribution in [2.24, 2.45) is 0 Å². The van der Waals surface area contributed by atoms with Gasteiger partial charge in [0, 0.05) is 35.4 Å². The van der Waals surface area contributed by atoms with Gasteiger partial charge in [0.05, 0.1) is 31.6 Å². The van der Waals surface area contributed by atoms with Crippen molar-refractivity contribution in [3.63, 3.8) is 0 Å². The summed E-state index contributed by atoms with van der Waals surface area (Å²) in [6.07, 6.45) is 0. The molecule has 3 rings (SSSR count). The number of methoxy groups -OCH3 is 1. The molecule has 0 atom stereocenters. The van der Waals surface area contributed by atoms with Crippen molar-refractivity contribution in [3.8, 4) is 5.75 Å². The third-order valence-corrected chi connectivity index (χ3v) is 4.80. The molecule has 0 amide bonds. The number of nitrogens with one attached hydrogen (secondary N) is 1. The number of anilines is 2. The van der Waals surface area contributed by atoms with E-state index in [1.54, 1.807) is 13.2 Å². The maximum Gasteiger partial charge on any atom is 0.337 e. The van der Waals surface area contributed by atoms with Crippen molar-refractivity contribution in [2.45, 2.75) is 6.54 Å². The first-order valence-corrected chi connectivity index (χ1v) is 9.14. The van der Waals surface area contributed by atoms with Gasteiger partial charge in [-0.1, -0.05) is 15.9 Å². The molecule has 0 aromatic heterocycles. The molecule has 0 unspecified atom stereocenters. The number of aromatic carboxylic acids is 1. The molecular weight excluding hydrogens is 400 g/mol. The lowest BCUT2D eigenvalue weighted by atomic mass is 10.1. The molecule has 0 spiro atoms. The molecule has 1 saturated heterocycles. The molecule has 138 valence electrons. The lowest BCUT2D eigenvalue weighted by Gasteiger charge is -2.30. The number of rotatable bonds is 6. The zero-order valence-electron chi connectivity index (χ0n) is 14.5. The van der Waals surface area contributed by atoms with E-state index < -0.39 is 5.97 Å². The van der Waals surface area contributed by atoms with Gasteiger partial charge in [0.25, 0.3) is 0 Å². The number of halogens is 1. The van der Waals surface area contributed by atoms with E-state index >= 15 is 0 Å². The molecule has 1 aliphatic heterocycles. The number of carboxylic acid groups (broad SMARTS) is 1. The predicted molar refractivity (Wildman–Crippen MR) is 104 cm³/mol. The lowest BCUT2D eigenvalue weighted by molar-refractivity contribution is 0.0696. The molecule has 2 aromatic rings. The van der Waals surface area contributed by atoms with Gasteiger partial charge in [0.15, 0.2) is 0 Å². The van der Waals surface area contributed by atoms with Crippen LogP contribution >= 0.6 is 15.9 Å². The number of hydrogen-bond acceptors (Lipinski definition) is 5. The van der Waals surface area contributed by atoms with Crippen molar-refractivity contribution < 1.29 is 19.4 Å². The van der Waals surface area contributed by atoms with Crippen LogP contribution in [0.25, 0.3) is 0 Å². The molecule has 7 heteroatoms. The number of morpholine rings is 1. The first-order valence-electron chi connectivity index (χ1n) is 8.35. The minimum atomic E-state index is -0.935. The van der Waals surface area contributed by atoms with Crippen LogP contribution in [0.4, 0.5) is 11.4 Å². The van der Waals surface area contributed by atoms with Gasteiger partial charge in [-0.05, 0) is 36.4 Å². The molecule has 0 radical (unpaired) electrons. The highest BCUT2D eigenvalue weighted by molar-refractivity contribution is 9.10. The van der Waals surface area contributed by atoms with Crippen LogP contribution in [0.1, 0.15) is 15.9 Å². The Labute approximate surface area is 160 Å². The van der Waals surface area contributed by atoms with Gasteiger partial charge in [-0.25, -0.2) is 4.79 Å². The second kappa shape index (κ2) is 8.42. The average molecular weight is 421 g/mol. The van der Waals surface area contributed by atoms with Gasteiger partial charge >= 0.3 is 5.97 Å². The molecule has 26 heavy (non-hydrogen) atoms. The second-order valence-corrected chi connectivity index (χ2v) is 6.86. The van der Waals surface area contributed by atoms with Crippen molar-refractivity contribution in [3.05, 3.63) is 52.0 Å². The van der Waals surface area contributed by atoms with Crippen LogP contribution in [0.5, 0.6) is 5.75 Å². The molecule has 2 N–H and O–H groups in total. The van der Waals surface area contributed by atoms with Crippen molar-refractivity contribution in [1.29, 1.82) is 0 Å². The van der Waals surface area contributed by atoms with Crippen LogP contribution < -0.4 is 15.0 Å². The molecule has 0 aliphatic carbocycles. The molecule has 0 bridgehead atoms. The van der Waals surface area contributed by atoms with E-state index in [9.17, 15) is 9.90 Å². The quantitative estimate of drug-likeness (QED) is 0.743. The van der Waals surface area contributed by atoms with Crippen LogP contribution in [0, 0.1) is 0 Å². The molecule has 0 saturated carbocycles. The number of ether oxygens (including phenoxy) is 2. The van der Waals surface area contributed by atoms with Crippen LogP contribution in [0.3, 0.4) is 0 Å². The van der Waals surface area contributed by atoms with Crippen LogP contribution in [0.2, 0.25) is 0 Å². The topological polar surface area (TPSA) is 71.0 Å². The zero-order valence-corrected chi connectivity index (χ0v) is 16.1. The smallest absolute Gasteiger partial charge is 0.337 e. The third kappa shape index (κ3) is 4.28. The minimum absolute atomic E-state index is 0.290. The fourth-order valence-electron chi connectivity index (χ4n) is 2.98. The highest BCUT2D eigenvalue weighted by atomic mass is 79.9. The Morgan fingerprint density at radius 1 is 1.27 bits per heavy atom. The van der Waals surface area contributed by atoms with E-state index in [0.29, 0.717) is 32.8 Å². The first kappa shape index (κ1) is 18.5. The summed E-state index contributed by atoms with van der Waals surface area (Å²) in [5, 5.41) is 12.9. The highest BCUT2D eigenvalue weighted by Gasteiger charge is 2.19. The maximum absolute atomic E-state index is 11.7. The Kier molecular flexibility index (Phi) is 6.00. The van der Waals surface area contributed by atoms with Crippen molar-refractivity contribution >= 4 is 33.3 Å². The normalized spacial score (nSPS) is 14.2. The highest BCUT2D eigenvalue weighted by Crippen LogP contribution is 2.27. The molecule has 2 aromatic carbocycles. The van der Waals surface area contributed by atoms with Gasteiger partial charge in [-0.3, -0.25) is 0 Å². The zero-order chi connectivity index (χ0) is 18.5. The van der Waals surface area contributed by atoms with Crippen LogP contribution in [-0.2, 0) is 11.3 Å². The fraction of sp³-hybridized carbons (Fsp3) is 0.316. The Morgan fingerprint density at radius 2 is 2.04 bits per heavy atom. The summed E-state index contributed by atoms with van der Waals surface area (Å²) in [5.74, 6) is -0.153. The van der Waals surface area contributed by atoms with E-state index in [0.717, 1.165) is 27.2 Å². The molecule has 1 aliphatic rings. The van der Waals surface area contributed by atoms with Crippen molar-refractivity contribution in [1.82, 2.24) is 0 Å². The van der Waals surface area contributed by atoms with E-state index in [4.69, 9.17) is 9.47 Å². The van der Waals surface area contributed by atoms with Crippen LogP contribution in [-0.4, -0.2) is 44.5 Å². The number of benzene rings is 2. The van der Waals surface area contributed by atoms with E-state index in [2.05, 4.69) is 21.2 Å². The SMILES string of the molecule is COc1ccc(Br)cc1CNc1ccc(N2CCOCC2)c(C(=O)O)c1. The standard InChI is InChI=1S/C19H21BrN2O4/c1-25-18-5-2-14(20)10-13(18)12-21-15-3-4-17(16(11-15)19(23)24)22-6-8-26-9-7-22/h2-5,10-11,21H,6-9,12H2,1H3,(H,23,24). The largest absolute Gasteiger partial charge is 0.496 e. The lowest BCUT2D eigenvalue weighted by Crippen LogP contribution is -2.37. The molecule has 6 nitrogen and oxygen atoms in total. The number of nitrogens with zero attached hydrogens (tertiary/aromatic N) is 1. The van der Waals surface area contributed by atoms with Gasteiger partial charge in [-0.2, -0.15) is 0 Å². The summed E-state index contributed by atoms with van der Waals surface area (Å²) in [7, 11) is 1.63. The van der Waals surface area contributed by atoms with Crippen LogP contribution in [0.15, 0.2) is 40.9 Å². The fourth-order valence-corrected chi connectivity index (χ4v) is 3.39. The van der Waals surface area contributed by atoms with E-state index in [1.807, 2.05) is 35.2 Å². The Morgan fingerprint density at radius 3 is 2.73 bits per heavy atom. The summed E-state index contributed by atoms with van der Waals surface area (Å²) in [6.45, 7) is 3.15. The molecule has 1 heterocycles. The average Bonchev–Trinajstić information content (AvgIpc) is 2.67. The van der Waals surface area contributed by atoms with Gasteiger partial charge in [0.2, 0.25) is 0 Å². The maximum atomic E-state index is 11.7. The summed E-state index contributed by atoms with van der Waals surface area (Å²) in [6, 6.07) is 11.2. The van der Waals surface area contributed by atoms with Gasteiger partial charge in [-0.15, -0.1) is 0 Å². The van der Waals surface area contributed by atoms with E-state index in [1.165, 1.54) is 0 Å². The Hall–Kier alpha value is -2.25. The third-order valence-electron chi connectivity index (χ3n) is 4.30. The first-order chi connectivity index (χ1) is 12.6. The van der Waals surface area contributed by atoms with Gasteiger partial charge < -0.3 is 24.8 Å². The predicted octanol–water partition coefficient (Wildman–Crippen LogP) is 3.60. The monoisotopic (exact) mass is 420 g/mol. The number of carbonyl (C=O) groups is 1. The second-order valence-electron chi connectivity index (χ2n) is 5.95. The molecule has 1 fully saturated rings.